The van der Waals surface area contributed by atoms with E-state index in [0.29, 0.717) is 16.7 Å². The van der Waals surface area contributed by atoms with E-state index in [9.17, 15) is 14.7 Å². The van der Waals surface area contributed by atoms with Gasteiger partial charge in [-0.1, -0.05) is 66.7 Å². The highest BCUT2D eigenvalue weighted by atomic mass is 16.3. The minimum Gasteiger partial charge on any atom is -0.507 e. The number of fused-ring (bicyclic) bond motifs is 1. The molecule has 1 aliphatic rings. The van der Waals surface area contributed by atoms with Gasteiger partial charge in [0.15, 0.2) is 11.6 Å². The van der Waals surface area contributed by atoms with E-state index in [1.54, 1.807) is 54.6 Å². The van der Waals surface area contributed by atoms with Crippen LogP contribution in [0.4, 0.5) is 5.69 Å². The number of allylic oxidation sites excluding steroid dienone is 2. The maximum absolute atomic E-state index is 13.3. The van der Waals surface area contributed by atoms with Gasteiger partial charge < -0.3 is 10.0 Å². The fourth-order valence-corrected chi connectivity index (χ4v) is 3.54. The zero-order valence-electron chi connectivity index (χ0n) is 16.8. The van der Waals surface area contributed by atoms with E-state index in [4.69, 9.17) is 0 Å². The van der Waals surface area contributed by atoms with Crippen LogP contribution in [0.5, 0.6) is 0 Å². The lowest BCUT2D eigenvalue weighted by molar-refractivity contribution is 0.0972. The Hall–Kier alpha value is -3.92. The number of hydrogen-bond donors (Lipinski definition) is 1. The van der Waals surface area contributed by atoms with Crippen LogP contribution in [0.3, 0.4) is 0 Å². The van der Waals surface area contributed by atoms with Crippen LogP contribution in [0.15, 0.2) is 90.0 Å². The van der Waals surface area contributed by atoms with Crippen molar-refractivity contribution < 1.29 is 14.7 Å². The van der Waals surface area contributed by atoms with Crippen LogP contribution in [-0.2, 0) is 0 Å². The number of hydrogen-bond acceptors (Lipinski definition) is 4. The van der Waals surface area contributed by atoms with Crippen molar-refractivity contribution in [1.82, 2.24) is 0 Å². The number of nitrogens with zero attached hydrogens (tertiary/aromatic N) is 1. The van der Waals surface area contributed by atoms with Gasteiger partial charge in [0.2, 0.25) is 0 Å². The molecule has 0 atom stereocenters. The zero-order valence-corrected chi connectivity index (χ0v) is 16.8. The molecule has 30 heavy (non-hydrogen) atoms. The molecule has 4 heteroatoms. The molecule has 1 N–H and O–H groups in total. The van der Waals surface area contributed by atoms with Crippen LogP contribution in [0.1, 0.15) is 31.8 Å². The van der Waals surface area contributed by atoms with Crippen LogP contribution in [0.25, 0.3) is 11.8 Å². The van der Waals surface area contributed by atoms with Gasteiger partial charge in [-0.05, 0) is 23.8 Å². The van der Waals surface area contributed by atoms with Gasteiger partial charge in [-0.3, -0.25) is 9.59 Å². The summed E-state index contributed by atoms with van der Waals surface area (Å²) in [5.41, 5.74) is 3.16. The summed E-state index contributed by atoms with van der Waals surface area (Å²) in [5.74, 6) is -0.832. The average molecular weight is 395 g/mol. The Bertz CT molecular complexity index is 1190. The minimum atomic E-state index is -0.359. The third-order valence-corrected chi connectivity index (χ3v) is 5.16. The number of aliphatic hydroxyl groups excluding tert-OH is 1. The Labute approximate surface area is 175 Å². The quantitative estimate of drug-likeness (QED) is 0.490. The summed E-state index contributed by atoms with van der Waals surface area (Å²) in [6, 6.07) is 23.2. The second-order valence-corrected chi connectivity index (χ2v) is 7.34. The maximum atomic E-state index is 13.3. The molecule has 0 aliphatic heterocycles. The van der Waals surface area contributed by atoms with E-state index in [-0.39, 0.29) is 28.5 Å². The minimum absolute atomic E-state index is 0.0292. The van der Waals surface area contributed by atoms with Crippen molar-refractivity contribution in [1.29, 1.82) is 0 Å². The molecule has 4 rings (SSSR count). The van der Waals surface area contributed by atoms with Crippen molar-refractivity contribution in [2.45, 2.75) is 0 Å². The number of aliphatic hydroxyl groups is 1. The molecule has 0 spiro atoms. The monoisotopic (exact) mass is 395 g/mol. The van der Waals surface area contributed by atoms with E-state index < -0.39 is 0 Å². The molecule has 3 aromatic carbocycles. The molecule has 0 saturated heterocycles. The lowest BCUT2D eigenvalue weighted by atomic mass is 9.80. The fourth-order valence-electron chi connectivity index (χ4n) is 3.54. The molecule has 0 aromatic heterocycles. The topological polar surface area (TPSA) is 57.6 Å². The largest absolute Gasteiger partial charge is 0.507 e. The Balaban J connectivity index is 1.93. The molecular weight excluding hydrogens is 374 g/mol. The summed E-state index contributed by atoms with van der Waals surface area (Å²) >= 11 is 0. The molecule has 4 nitrogen and oxygen atoms in total. The number of Topliss-reactive ketones (excluding diaryl/α,β-unsaturated/α-hetero) is 2. The van der Waals surface area contributed by atoms with E-state index in [1.807, 2.05) is 49.3 Å². The predicted molar refractivity (Wildman–Crippen MR) is 120 cm³/mol. The van der Waals surface area contributed by atoms with Crippen molar-refractivity contribution in [3.05, 3.63) is 112 Å². The third kappa shape index (κ3) is 3.44. The normalized spacial score (nSPS) is 16.4. The predicted octanol–water partition coefficient (Wildman–Crippen LogP) is 5.18. The molecule has 0 bridgehead atoms. The average Bonchev–Trinajstić information content (AvgIpc) is 2.78. The van der Waals surface area contributed by atoms with Crippen LogP contribution in [0.2, 0.25) is 0 Å². The van der Waals surface area contributed by atoms with Crippen LogP contribution < -0.4 is 4.90 Å². The Morgan fingerprint density at radius 1 is 0.767 bits per heavy atom. The first-order valence-corrected chi connectivity index (χ1v) is 9.64. The molecule has 0 unspecified atom stereocenters. The molecular formula is C26H21NO3. The standard InChI is InChI=1S/C26H21NO3/c1-27(2)19-14-12-17(13-15-19)16-22-23(24(28)18-8-4-3-5-9-18)26(30)21-11-7-6-10-20(21)25(22)29/h3-16,28H,1-2H3/b22-16-,24-23+. The van der Waals surface area contributed by atoms with Crippen LogP contribution in [-0.4, -0.2) is 30.8 Å². The Morgan fingerprint density at radius 2 is 1.33 bits per heavy atom. The van der Waals surface area contributed by atoms with Crippen molar-refractivity contribution in [3.8, 4) is 0 Å². The molecule has 0 radical (unpaired) electrons. The SMILES string of the molecule is CN(C)c1ccc(/C=C2\C(=O)c3ccccc3C(=O)\C2=C(\O)c2ccccc2)cc1. The molecule has 0 saturated carbocycles. The lowest BCUT2D eigenvalue weighted by Gasteiger charge is -2.21. The fraction of sp³-hybridized carbons (Fsp3) is 0.0769. The van der Waals surface area contributed by atoms with E-state index >= 15 is 0 Å². The van der Waals surface area contributed by atoms with Gasteiger partial charge in [-0.2, -0.15) is 0 Å². The summed E-state index contributed by atoms with van der Waals surface area (Å²) in [6.07, 6.45) is 1.67. The smallest absolute Gasteiger partial charge is 0.198 e. The maximum Gasteiger partial charge on any atom is 0.198 e. The number of carbonyl (C=O) groups excluding carboxylic acids is 2. The van der Waals surface area contributed by atoms with Crippen molar-refractivity contribution in [3.63, 3.8) is 0 Å². The summed E-state index contributed by atoms with van der Waals surface area (Å²) < 4.78 is 0. The second kappa shape index (κ2) is 7.84. The van der Waals surface area contributed by atoms with Crippen LogP contribution >= 0.6 is 0 Å². The van der Waals surface area contributed by atoms with Crippen molar-refractivity contribution >= 4 is 29.1 Å². The number of carbonyl (C=O) groups is 2. The first kappa shape index (κ1) is 19.4. The van der Waals surface area contributed by atoms with Crippen LogP contribution in [0, 0.1) is 0 Å². The first-order valence-electron chi connectivity index (χ1n) is 9.64. The van der Waals surface area contributed by atoms with Crippen molar-refractivity contribution in [2.75, 3.05) is 19.0 Å². The summed E-state index contributed by atoms with van der Waals surface area (Å²) in [6.45, 7) is 0. The van der Waals surface area contributed by atoms with Gasteiger partial charge in [0, 0.05) is 42.0 Å². The summed E-state index contributed by atoms with van der Waals surface area (Å²) in [5, 5.41) is 11.0. The first-order chi connectivity index (χ1) is 14.5. The Morgan fingerprint density at radius 3 is 1.93 bits per heavy atom. The number of benzene rings is 3. The van der Waals surface area contributed by atoms with Gasteiger partial charge in [-0.15, -0.1) is 0 Å². The van der Waals surface area contributed by atoms with Gasteiger partial charge in [0.25, 0.3) is 0 Å². The molecule has 1 aliphatic carbocycles. The summed E-state index contributed by atoms with van der Waals surface area (Å²) in [7, 11) is 3.90. The van der Waals surface area contributed by atoms with Crippen molar-refractivity contribution in [2.24, 2.45) is 0 Å². The highest BCUT2D eigenvalue weighted by Gasteiger charge is 2.35. The highest BCUT2D eigenvalue weighted by Crippen LogP contribution is 2.35. The van der Waals surface area contributed by atoms with Gasteiger partial charge in [0.1, 0.15) is 5.76 Å². The summed E-state index contributed by atoms with van der Waals surface area (Å²) in [4.78, 5) is 28.6. The molecule has 0 heterocycles. The van der Waals surface area contributed by atoms with E-state index in [2.05, 4.69) is 0 Å². The molecule has 3 aromatic rings. The van der Waals surface area contributed by atoms with Gasteiger partial charge in [-0.25, -0.2) is 0 Å². The molecule has 148 valence electrons. The lowest BCUT2D eigenvalue weighted by Crippen LogP contribution is -2.24. The van der Waals surface area contributed by atoms with Gasteiger partial charge in [0.05, 0.1) is 5.57 Å². The number of ketones is 2. The molecule has 0 amide bonds. The Kier molecular flexibility index (Phi) is 5.07. The number of anilines is 1. The zero-order chi connectivity index (χ0) is 21.3. The van der Waals surface area contributed by atoms with E-state index in [0.717, 1.165) is 11.3 Å². The highest BCUT2D eigenvalue weighted by molar-refractivity contribution is 6.34. The molecule has 0 fully saturated rings. The van der Waals surface area contributed by atoms with Gasteiger partial charge >= 0.3 is 0 Å². The van der Waals surface area contributed by atoms with E-state index in [1.165, 1.54) is 0 Å². The number of rotatable bonds is 3. The second-order valence-electron chi connectivity index (χ2n) is 7.34. The third-order valence-electron chi connectivity index (χ3n) is 5.16.